The lowest BCUT2D eigenvalue weighted by Gasteiger charge is -2.35. The second kappa shape index (κ2) is 12.5. The second-order valence-electron chi connectivity index (χ2n) is 12.1. The van der Waals surface area contributed by atoms with E-state index in [1.54, 1.807) is 4.90 Å². The number of carbonyl (C=O) groups is 1. The third-order valence-electron chi connectivity index (χ3n) is 9.09. The SMILES string of the molecule is CN(c1nc(OC[C@@H]2CCCN2C)nc2c1CCN(c1cccc3cccc(Cl)c13)C2)C1CCN(C(=O)/C=C/S(C)(=O)=O)C1. The molecule has 10 nitrogen and oxygen atoms in total. The van der Waals surface area contributed by atoms with Crippen molar-refractivity contribution in [2.24, 2.45) is 0 Å². The van der Waals surface area contributed by atoms with Crippen LogP contribution in [0.2, 0.25) is 5.02 Å². The van der Waals surface area contributed by atoms with Crippen molar-refractivity contribution in [3.63, 3.8) is 0 Å². The Balaban J connectivity index is 1.29. The zero-order valence-corrected chi connectivity index (χ0v) is 27.0. The van der Waals surface area contributed by atoms with Crippen LogP contribution in [0.1, 0.15) is 30.5 Å². The molecule has 2 fully saturated rings. The average Bonchev–Trinajstić information content (AvgIpc) is 3.66. The van der Waals surface area contributed by atoms with Crippen molar-refractivity contribution in [2.75, 3.05) is 62.9 Å². The number of carbonyl (C=O) groups excluding carboxylic acids is 1. The lowest BCUT2D eigenvalue weighted by atomic mass is 10.0. The van der Waals surface area contributed by atoms with Crippen molar-refractivity contribution in [1.82, 2.24) is 19.8 Å². The molecule has 1 amide bonds. The number of aromatic nitrogens is 2. The van der Waals surface area contributed by atoms with Gasteiger partial charge in [-0.05, 0) is 56.8 Å². The summed E-state index contributed by atoms with van der Waals surface area (Å²) in [6.07, 6.45) is 5.96. The zero-order valence-electron chi connectivity index (χ0n) is 25.4. The quantitative estimate of drug-likeness (QED) is 0.340. The van der Waals surface area contributed by atoms with E-state index in [9.17, 15) is 13.2 Å². The molecule has 234 valence electrons. The largest absolute Gasteiger partial charge is 0.462 e. The summed E-state index contributed by atoms with van der Waals surface area (Å²) in [4.78, 5) is 31.1. The minimum atomic E-state index is -3.37. The van der Waals surface area contributed by atoms with Crippen LogP contribution >= 0.6 is 11.6 Å². The molecule has 2 atom stereocenters. The predicted octanol–water partition coefficient (Wildman–Crippen LogP) is 3.91. The van der Waals surface area contributed by atoms with Crippen molar-refractivity contribution >= 4 is 49.6 Å². The summed E-state index contributed by atoms with van der Waals surface area (Å²) >= 11 is 6.69. The highest BCUT2D eigenvalue weighted by Gasteiger charge is 2.33. The smallest absolute Gasteiger partial charge is 0.318 e. The summed E-state index contributed by atoms with van der Waals surface area (Å²) in [6.45, 7) is 3.98. The van der Waals surface area contributed by atoms with E-state index in [1.807, 2.05) is 19.2 Å². The summed E-state index contributed by atoms with van der Waals surface area (Å²) in [7, 11) is 0.762. The highest BCUT2D eigenvalue weighted by Crippen LogP contribution is 2.37. The molecule has 0 aliphatic carbocycles. The van der Waals surface area contributed by atoms with Crippen LogP contribution in [-0.2, 0) is 27.6 Å². The molecule has 0 N–H and O–H groups in total. The van der Waals surface area contributed by atoms with E-state index in [2.05, 4.69) is 46.0 Å². The molecule has 0 saturated carbocycles. The lowest BCUT2D eigenvalue weighted by Crippen LogP contribution is -2.39. The maximum Gasteiger partial charge on any atom is 0.318 e. The number of likely N-dealkylation sites (tertiary alicyclic amines) is 2. The Morgan fingerprint density at radius 1 is 1.14 bits per heavy atom. The number of benzene rings is 2. The van der Waals surface area contributed by atoms with Gasteiger partial charge in [0.15, 0.2) is 9.84 Å². The fraction of sp³-hybridized carbons (Fsp3) is 0.469. The number of hydrogen-bond donors (Lipinski definition) is 0. The first-order valence-electron chi connectivity index (χ1n) is 15.1. The predicted molar refractivity (Wildman–Crippen MR) is 174 cm³/mol. The fourth-order valence-corrected chi connectivity index (χ4v) is 7.21. The van der Waals surface area contributed by atoms with Crippen molar-refractivity contribution in [2.45, 2.75) is 44.3 Å². The van der Waals surface area contributed by atoms with Gasteiger partial charge in [-0.1, -0.05) is 35.9 Å². The highest BCUT2D eigenvalue weighted by molar-refractivity contribution is 7.93. The third-order valence-corrected chi connectivity index (χ3v) is 10.0. The number of sulfone groups is 1. The molecular formula is C32H39ClN6O4S. The van der Waals surface area contributed by atoms with Crippen LogP contribution < -0.4 is 14.5 Å². The van der Waals surface area contributed by atoms with Crippen LogP contribution in [0, 0.1) is 0 Å². The summed E-state index contributed by atoms with van der Waals surface area (Å²) < 4.78 is 29.3. The van der Waals surface area contributed by atoms with Crippen LogP contribution in [-0.4, -0.2) is 99.3 Å². The minimum Gasteiger partial charge on any atom is -0.462 e. The van der Waals surface area contributed by atoms with Gasteiger partial charge in [-0.25, -0.2) is 8.42 Å². The number of ether oxygens (including phenoxy) is 1. The van der Waals surface area contributed by atoms with E-state index in [0.29, 0.717) is 38.3 Å². The molecule has 6 rings (SSSR count). The summed E-state index contributed by atoms with van der Waals surface area (Å²) in [6, 6.07) is 13.0. The van der Waals surface area contributed by atoms with Crippen molar-refractivity contribution in [3.05, 3.63) is 64.2 Å². The van der Waals surface area contributed by atoms with Gasteiger partial charge in [0.1, 0.15) is 12.4 Å². The first-order chi connectivity index (χ1) is 21.1. The average molecular weight is 639 g/mol. The van der Waals surface area contributed by atoms with E-state index in [-0.39, 0.29) is 11.9 Å². The maximum absolute atomic E-state index is 12.7. The second-order valence-corrected chi connectivity index (χ2v) is 14.4. The third kappa shape index (κ3) is 6.50. The number of nitrogens with zero attached hydrogens (tertiary/aromatic N) is 6. The van der Waals surface area contributed by atoms with Gasteiger partial charge in [-0.15, -0.1) is 0 Å². The van der Waals surface area contributed by atoms with E-state index in [4.69, 9.17) is 26.3 Å². The Labute approximate surface area is 264 Å². The molecular weight excluding hydrogens is 600 g/mol. The number of anilines is 2. The Bertz CT molecular complexity index is 1690. The Hall–Kier alpha value is -3.41. The minimum absolute atomic E-state index is 0.0216. The van der Waals surface area contributed by atoms with Crippen molar-refractivity contribution in [3.8, 4) is 6.01 Å². The van der Waals surface area contributed by atoms with E-state index in [0.717, 1.165) is 95.1 Å². The number of amides is 1. The normalized spacial score (nSPS) is 20.9. The standard InChI is InChI=1S/C32H39ClN6O4S/c1-36-15-6-9-24(36)21-43-32-34-27-20-38(28-11-5-8-22-7-4-10-26(33)30(22)28)17-13-25(27)31(35-32)37(2)23-12-16-39(19-23)29(40)14-18-44(3,41)42/h4-5,7-8,10-11,14,18,23-24H,6,9,12-13,15-17,19-21H2,1-3H3/b18-14+/t23?,24-/m0/s1. The molecule has 0 bridgehead atoms. The molecule has 3 aromatic rings. The summed E-state index contributed by atoms with van der Waals surface area (Å²) in [5.41, 5.74) is 3.09. The van der Waals surface area contributed by atoms with E-state index < -0.39 is 9.84 Å². The van der Waals surface area contributed by atoms with Crippen LogP contribution in [0.15, 0.2) is 47.9 Å². The van der Waals surface area contributed by atoms with Gasteiger partial charge in [0.05, 0.1) is 17.3 Å². The van der Waals surface area contributed by atoms with Gasteiger partial charge in [0.2, 0.25) is 5.91 Å². The molecule has 44 heavy (non-hydrogen) atoms. The molecule has 1 aromatic heterocycles. The number of likely N-dealkylation sites (N-methyl/N-ethyl adjacent to an activating group) is 2. The molecule has 3 aliphatic rings. The molecule has 0 radical (unpaired) electrons. The van der Waals surface area contributed by atoms with Gasteiger partial charge < -0.3 is 24.3 Å². The van der Waals surface area contributed by atoms with Crippen molar-refractivity contribution < 1.29 is 17.9 Å². The molecule has 4 heterocycles. The highest BCUT2D eigenvalue weighted by atomic mass is 35.5. The van der Waals surface area contributed by atoms with Gasteiger partial charge in [0.25, 0.3) is 0 Å². The number of hydrogen-bond acceptors (Lipinski definition) is 9. The zero-order chi connectivity index (χ0) is 31.0. The van der Waals surface area contributed by atoms with E-state index >= 15 is 0 Å². The van der Waals surface area contributed by atoms with Crippen LogP contribution in [0.5, 0.6) is 6.01 Å². The van der Waals surface area contributed by atoms with Crippen LogP contribution in [0.4, 0.5) is 11.5 Å². The topological polar surface area (TPSA) is 99.2 Å². The van der Waals surface area contributed by atoms with E-state index in [1.165, 1.54) is 0 Å². The van der Waals surface area contributed by atoms with Gasteiger partial charge in [-0.2, -0.15) is 9.97 Å². The van der Waals surface area contributed by atoms with Gasteiger partial charge >= 0.3 is 6.01 Å². The number of halogens is 1. The Morgan fingerprint density at radius 3 is 2.68 bits per heavy atom. The molecule has 3 aliphatic heterocycles. The Morgan fingerprint density at radius 2 is 1.93 bits per heavy atom. The lowest BCUT2D eigenvalue weighted by molar-refractivity contribution is -0.125. The maximum atomic E-state index is 12.7. The summed E-state index contributed by atoms with van der Waals surface area (Å²) in [5, 5.41) is 3.82. The fourth-order valence-electron chi connectivity index (χ4n) is 6.57. The summed E-state index contributed by atoms with van der Waals surface area (Å²) in [5.74, 6) is 0.525. The number of fused-ring (bicyclic) bond motifs is 2. The van der Waals surface area contributed by atoms with Crippen LogP contribution in [0.25, 0.3) is 10.8 Å². The Kier molecular flexibility index (Phi) is 8.72. The van der Waals surface area contributed by atoms with Crippen LogP contribution in [0.3, 0.4) is 0 Å². The number of rotatable bonds is 8. The molecule has 12 heteroatoms. The van der Waals surface area contributed by atoms with Gasteiger partial charge in [0, 0.05) is 73.1 Å². The van der Waals surface area contributed by atoms with Crippen molar-refractivity contribution in [1.29, 1.82) is 0 Å². The first-order valence-corrected chi connectivity index (χ1v) is 17.5. The molecule has 2 aromatic carbocycles. The molecule has 0 spiro atoms. The van der Waals surface area contributed by atoms with Gasteiger partial charge in [-0.3, -0.25) is 4.79 Å². The molecule has 2 saturated heterocycles. The first kappa shape index (κ1) is 30.6. The monoisotopic (exact) mass is 638 g/mol. The molecule has 1 unspecified atom stereocenters.